The molecule has 174 valence electrons. The Labute approximate surface area is 190 Å². The van der Waals surface area contributed by atoms with Crippen LogP contribution in [0, 0.1) is 10.1 Å². The van der Waals surface area contributed by atoms with Crippen LogP contribution in [0.4, 0.5) is 11.4 Å². The molecule has 10 nitrogen and oxygen atoms in total. The van der Waals surface area contributed by atoms with Gasteiger partial charge in [-0.25, -0.2) is 0 Å². The predicted molar refractivity (Wildman–Crippen MR) is 120 cm³/mol. The monoisotopic (exact) mass is 455 g/mol. The number of nitro groups is 1. The highest BCUT2D eigenvalue weighted by molar-refractivity contribution is 6.08. The van der Waals surface area contributed by atoms with Crippen LogP contribution in [0.1, 0.15) is 49.0 Å². The van der Waals surface area contributed by atoms with Crippen LogP contribution in [0.2, 0.25) is 0 Å². The molecule has 1 heterocycles. The van der Waals surface area contributed by atoms with Gasteiger partial charge in [-0.3, -0.25) is 29.8 Å². The number of anilines is 1. The molecule has 1 saturated heterocycles. The highest BCUT2D eigenvalue weighted by Crippen LogP contribution is 2.37. The van der Waals surface area contributed by atoms with Gasteiger partial charge in [-0.2, -0.15) is 0 Å². The van der Waals surface area contributed by atoms with E-state index in [1.54, 1.807) is 31.2 Å². The maximum atomic E-state index is 12.9. The van der Waals surface area contributed by atoms with Gasteiger partial charge in [0.05, 0.1) is 30.1 Å². The van der Waals surface area contributed by atoms with Crippen LogP contribution in [-0.4, -0.2) is 36.4 Å². The molecule has 10 heteroatoms. The smallest absolute Gasteiger partial charge is 0.286 e. The SMILES string of the molecule is CCOc1cc(C(=O)Nc2ccc(C3(CC)CCC(=O)NC3=O)cc2)c([N+](=O)[O-])cc1OC. The summed E-state index contributed by atoms with van der Waals surface area (Å²) < 4.78 is 10.6. The van der Waals surface area contributed by atoms with E-state index in [4.69, 9.17) is 9.47 Å². The minimum atomic E-state index is -0.822. The lowest BCUT2D eigenvalue weighted by atomic mass is 9.72. The third kappa shape index (κ3) is 4.64. The third-order valence-corrected chi connectivity index (χ3v) is 5.79. The van der Waals surface area contributed by atoms with E-state index in [1.807, 2.05) is 6.92 Å². The largest absolute Gasteiger partial charge is 0.493 e. The van der Waals surface area contributed by atoms with Crippen molar-refractivity contribution >= 4 is 29.1 Å². The van der Waals surface area contributed by atoms with Crippen LogP contribution in [0.3, 0.4) is 0 Å². The number of hydrogen-bond donors (Lipinski definition) is 2. The molecule has 1 unspecified atom stereocenters. The molecule has 3 amide bonds. The van der Waals surface area contributed by atoms with Crippen LogP contribution in [0.15, 0.2) is 36.4 Å². The van der Waals surface area contributed by atoms with Crippen LogP contribution in [0.5, 0.6) is 11.5 Å². The normalized spacial score (nSPS) is 17.8. The number of methoxy groups -OCH3 is 1. The van der Waals surface area contributed by atoms with E-state index >= 15 is 0 Å². The standard InChI is InChI=1S/C23H25N3O7/c1-4-23(11-10-20(27)25-22(23)29)14-6-8-15(9-7-14)24-21(28)16-12-19(33-5-2)18(32-3)13-17(16)26(30)31/h6-9,12-13H,4-5,10-11H2,1-3H3,(H,24,28)(H,25,27,29). The molecule has 1 fully saturated rings. The molecule has 0 spiro atoms. The predicted octanol–water partition coefficient (Wildman–Crippen LogP) is 3.34. The minimum absolute atomic E-state index is 0.151. The number of hydrogen-bond acceptors (Lipinski definition) is 7. The van der Waals surface area contributed by atoms with Gasteiger partial charge in [0.1, 0.15) is 5.56 Å². The molecule has 1 aliphatic rings. The van der Waals surface area contributed by atoms with Crippen molar-refractivity contribution in [3.05, 3.63) is 57.6 Å². The van der Waals surface area contributed by atoms with Crippen LogP contribution in [0.25, 0.3) is 0 Å². The second kappa shape index (κ2) is 9.68. The van der Waals surface area contributed by atoms with E-state index in [1.165, 1.54) is 13.2 Å². The average molecular weight is 455 g/mol. The zero-order valence-electron chi connectivity index (χ0n) is 18.6. The molecule has 1 atom stereocenters. The van der Waals surface area contributed by atoms with Crippen molar-refractivity contribution in [2.45, 2.75) is 38.5 Å². The lowest BCUT2D eigenvalue weighted by Crippen LogP contribution is -2.51. The van der Waals surface area contributed by atoms with Crippen molar-refractivity contribution in [1.82, 2.24) is 5.32 Å². The number of ether oxygens (including phenoxy) is 2. The van der Waals surface area contributed by atoms with Crippen molar-refractivity contribution in [2.75, 3.05) is 19.0 Å². The van der Waals surface area contributed by atoms with Crippen LogP contribution < -0.4 is 20.1 Å². The Morgan fingerprint density at radius 3 is 2.42 bits per heavy atom. The number of piperidine rings is 1. The van der Waals surface area contributed by atoms with Gasteiger partial charge in [-0.15, -0.1) is 0 Å². The second-order valence-corrected chi connectivity index (χ2v) is 7.55. The summed E-state index contributed by atoms with van der Waals surface area (Å²) in [5, 5.41) is 16.6. The number of benzene rings is 2. The molecule has 0 aliphatic carbocycles. The number of amides is 3. The number of imide groups is 1. The highest BCUT2D eigenvalue weighted by Gasteiger charge is 2.42. The number of nitrogens with zero attached hydrogens (tertiary/aromatic N) is 1. The zero-order valence-corrected chi connectivity index (χ0v) is 18.6. The number of carbonyl (C=O) groups excluding carboxylic acids is 3. The topological polar surface area (TPSA) is 137 Å². The van der Waals surface area contributed by atoms with E-state index < -0.39 is 21.9 Å². The van der Waals surface area contributed by atoms with Crippen LogP contribution in [-0.2, 0) is 15.0 Å². The molecular formula is C23H25N3O7. The molecule has 2 aromatic carbocycles. The fourth-order valence-electron chi connectivity index (χ4n) is 3.95. The summed E-state index contributed by atoms with van der Waals surface area (Å²) in [6.45, 7) is 3.91. The van der Waals surface area contributed by atoms with Gasteiger partial charge in [0, 0.05) is 18.2 Å². The Balaban J connectivity index is 1.88. The summed E-state index contributed by atoms with van der Waals surface area (Å²) in [6, 6.07) is 9.09. The molecule has 0 radical (unpaired) electrons. The van der Waals surface area contributed by atoms with Crippen molar-refractivity contribution in [2.24, 2.45) is 0 Å². The number of rotatable bonds is 8. The van der Waals surface area contributed by atoms with Gasteiger partial charge in [0.25, 0.3) is 11.6 Å². The first-order valence-electron chi connectivity index (χ1n) is 10.5. The third-order valence-electron chi connectivity index (χ3n) is 5.79. The van der Waals surface area contributed by atoms with E-state index in [2.05, 4.69) is 10.6 Å². The fraction of sp³-hybridized carbons (Fsp3) is 0.348. The summed E-state index contributed by atoms with van der Waals surface area (Å²) in [7, 11) is 1.36. The summed E-state index contributed by atoms with van der Waals surface area (Å²) in [6.07, 6.45) is 1.16. The maximum absolute atomic E-state index is 12.9. The van der Waals surface area contributed by atoms with E-state index in [9.17, 15) is 24.5 Å². The van der Waals surface area contributed by atoms with Gasteiger partial charge >= 0.3 is 0 Å². The van der Waals surface area contributed by atoms with Crippen LogP contribution >= 0.6 is 0 Å². The summed E-state index contributed by atoms with van der Waals surface area (Å²) in [4.78, 5) is 47.9. The first-order chi connectivity index (χ1) is 15.7. The Kier molecular flexibility index (Phi) is 6.95. The van der Waals surface area contributed by atoms with Crippen molar-refractivity contribution in [3.8, 4) is 11.5 Å². The number of nitro benzene ring substituents is 1. The Hall–Kier alpha value is -3.95. The van der Waals surface area contributed by atoms with Crippen molar-refractivity contribution in [1.29, 1.82) is 0 Å². The molecule has 3 rings (SSSR count). The molecule has 0 bridgehead atoms. The Morgan fingerprint density at radius 1 is 1.18 bits per heavy atom. The number of nitrogens with one attached hydrogen (secondary N) is 2. The molecule has 2 aromatic rings. The van der Waals surface area contributed by atoms with Gasteiger partial charge in [0.2, 0.25) is 11.8 Å². The maximum Gasteiger partial charge on any atom is 0.286 e. The lowest BCUT2D eigenvalue weighted by molar-refractivity contribution is -0.385. The van der Waals surface area contributed by atoms with E-state index in [0.29, 0.717) is 18.5 Å². The van der Waals surface area contributed by atoms with E-state index in [0.717, 1.165) is 11.6 Å². The molecule has 2 N–H and O–H groups in total. The summed E-state index contributed by atoms with van der Waals surface area (Å²) in [5.41, 5.74) is -0.300. The molecular weight excluding hydrogens is 430 g/mol. The first-order valence-corrected chi connectivity index (χ1v) is 10.5. The zero-order chi connectivity index (χ0) is 24.2. The summed E-state index contributed by atoms with van der Waals surface area (Å²) >= 11 is 0. The Morgan fingerprint density at radius 2 is 1.88 bits per heavy atom. The van der Waals surface area contributed by atoms with E-state index in [-0.39, 0.29) is 41.9 Å². The van der Waals surface area contributed by atoms with Gasteiger partial charge in [-0.1, -0.05) is 19.1 Å². The molecule has 0 aromatic heterocycles. The van der Waals surface area contributed by atoms with Gasteiger partial charge in [-0.05, 0) is 37.5 Å². The molecule has 1 aliphatic heterocycles. The van der Waals surface area contributed by atoms with Crippen molar-refractivity contribution < 1.29 is 28.8 Å². The van der Waals surface area contributed by atoms with Gasteiger partial charge in [0.15, 0.2) is 11.5 Å². The Bertz CT molecular complexity index is 1100. The molecule has 0 saturated carbocycles. The quantitative estimate of drug-likeness (QED) is 0.354. The fourth-order valence-corrected chi connectivity index (χ4v) is 3.95. The summed E-state index contributed by atoms with van der Waals surface area (Å²) in [5.74, 6) is -0.951. The average Bonchev–Trinajstić information content (AvgIpc) is 2.80. The molecule has 33 heavy (non-hydrogen) atoms. The highest BCUT2D eigenvalue weighted by atomic mass is 16.6. The lowest BCUT2D eigenvalue weighted by Gasteiger charge is -2.35. The minimum Gasteiger partial charge on any atom is -0.493 e. The second-order valence-electron chi connectivity index (χ2n) is 7.55. The van der Waals surface area contributed by atoms with Gasteiger partial charge < -0.3 is 14.8 Å². The number of carbonyl (C=O) groups is 3. The van der Waals surface area contributed by atoms with Crippen molar-refractivity contribution in [3.63, 3.8) is 0 Å². The first kappa shape index (κ1) is 23.7.